The summed E-state index contributed by atoms with van der Waals surface area (Å²) >= 11 is 12.6. The molecule has 3 aliphatic rings. The summed E-state index contributed by atoms with van der Waals surface area (Å²) in [6.07, 6.45) is 3.90. The average Bonchev–Trinajstić information content (AvgIpc) is 3.12. The number of urea groups is 1. The van der Waals surface area contributed by atoms with Gasteiger partial charge >= 0.3 is 6.03 Å². The van der Waals surface area contributed by atoms with E-state index in [-0.39, 0.29) is 23.9 Å². The topological polar surface area (TPSA) is 55.9 Å². The molecule has 5 rings (SSSR count). The zero-order chi connectivity index (χ0) is 24.5. The maximum atomic E-state index is 13.0. The maximum Gasteiger partial charge on any atom is 0.317 e. The van der Waals surface area contributed by atoms with Crippen molar-refractivity contribution in [1.29, 1.82) is 0 Å². The van der Waals surface area contributed by atoms with Crippen molar-refractivity contribution in [1.82, 2.24) is 20.0 Å². The minimum atomic E-state index is -0.0504. The third-order valence-electron chi connectivity index (χ3n) is 7.87. The number of fused-ring (bicyclic) bond motifs is 1. The molecule has 0 radical (unpaired) electrons. The lowest BCUT2D eigenvalue weighted by Crippen LogP contribution is -2.54. The molecule has 2 aromatic carbocycles. The molecule has 0 aromatic heterocycles. The maximum absolute atomic E-state index is 13.0. The van der Waals surface area contributed by atoms with Crippen LogP contribution in [0, 0.1) is 0 Å². The van der Waals surface area contributed by atoms with Gasteiger partial charge in [0.15, 0.2) is 0 Å². The summed E-state index contributed by atoms with van der Waals surface area (Å²) in [4.78, 5) is 31.7. The monoisotopic (exact) mass is 514 g/mol. The summed E-state index contributed by atoms with van der Waals surface area (Å²) in [5.74, 6) is 0.157. The van der Waals surface area contributed by atoms with Gasteiger partial charge in [-0.3, -0.25) is 4.79 Å². The first kappa shape index (κ1) is 24.4. The molecule has 8 heteroatoms. The van der Waals surface area contributed by atoms with Crippen molar-refractivity contribution < 1.29 is 9.59 Å². The molecule has 0 unspecified atom stereocenters. The van der Waals surface area contributed by atoms with E-state index in [1.807, 2.05) is 53.2 Å². The standard InChI is InChI=1S/C27H32Cl2N4O2/c1-31-25(21-5-2-3-6-22(21)26(31)34)20(18-7-8-23(28)24(29)17-18)11-16-32-14-9-19(10-15-32)33-13-4-12-30-27(33)35/h2-3,5-8,17,19-20,25H,4,9-16H2,1H3,(H,30,35)/t20-,25+/m0/s1. The lowest BCUT2D eigenvalue weighted by molar-refractivity contribution is 0.0740. The Morgan fingerprint density at radius 3 is 2.54 bits per heavy atom. The smallest absolute Gasteiger partial charge is 0.317 e. The SMILES string of the molecule is CN1C(=O)c2ccccc2[C@H]1[C@@H](CCN1CCC(N2CCCNC2=O)CC1)c1ccc(Cl)c(Cl)c1. The zero-order valence-electron chi connectivity index (χ0n) is 20.1. The van der Waals surface area contributed by atoms with Crippen LogP contribution in [0.25, 0.3) is 0 Å². The first-order valence-electron chi connectivity index (χ1n) is 12.5. The van der Waals surface area contributed by atoms with Gasteiger partial charge in [0.25, 0.3) is 5.91 Å². The molecule has 6 nitrogen and oxygen atoms in total. The van der Waals surface area contributed by atoms with E-state index in [4.69, 9.17) is 23.2 Å². The second-order valence-electron chi connectivity index (χ2n) is 9.87. The van der Waals surface area contributed by atoms with Gasteiger partial charge in [0.2, 0.25) is 0 Å². The number of nitrogens with one attached hydrogen (secondary N) is 1. The van der Waals surface area contributed by atoms with E-state index in [0.29, 0.717) is 16.1 Å². The highest BCUT2D eigenvalue weighted by Gasteiger charge is 2.40. The molecule has 0 spiro atoms. The highest BCUT2D eigenvalue weighted by atomic mass is 35.5. The lowest BCUT2D eigenvalue weighted by atomic mass is 9.84. The molecule has 2 fully saturated rings. The van der Waals surface area contributed by atoms with Gasteiger partial charge in [-0.2, -0.15) is 0 Å². The number of hydrogen-bond donors (Lipinski definition) is 1. The van der Waals surface area contributed by atoms with E-state index >= 15 is 0 Å². The van der Waals surface area contributed by atoms with Crippen molar-refractivity contribution in [3.63, 3.8) is 0 Å². The molecule has 1 N–H and O–H groups in total. The molecule has 35 heavy (non-hydrogen) atoms. The van der Waals surface area contributed by atoms with Gasteiger partial charge in [-0.15, -0.1) is 0 Å². The van der Waals surface area contributed by atoms with Gasteiger partial charge in [0.05, 0.1) is 16.1 Å². The van der Waals surface area contributed by atoms with Crippen LogP contribution in [-0.4, -0.2) is 72.5 Å². The Hall–Kier alpha value is -2.28. The summed E-state index contributed by atoms with van der Waals surface area (Å²) in [5, 5.41) is 4.05. The van der Waals surface area contributed by atoms with Crippen LogP contribution in [-0.2, 0) is 0 Å². The van der Waals surface area contributed by atoms with Crippen LogP contribution in [0.3, 0.4) is 0 Å². The van der Waals surface area contributed by atoms with E-state index in [0.717, 1.165) is 75.1 Å². The summed E-state index contributed by atoms with van der Waals surface area (Å²) in [7, 11) is 1.90. The Balaban J connectivity index is 1.32. The Morgan fingerprint density at radius 1 is 1.03 bits per heavy atom. The molecule has 0 aliphatic carbocycles. The van der Waals surface area contributed by atoms with Crippen molar-refractivity contribution in [2.24, 2.45) is 0 Å². The van der Waals surface area contributed by atoms with E-state index in [2.05, 4.69) is 16.3 Å². The van der Waals surface area contributed by atoms with Gasteiger partial charge in [-0.05, 0) is 61.6 Å². The van der Waals surface area contributed by atoms with Crippen LogP contribution in [0.15, 0.2) is 42.5 Å². The summed E-state index contributed by atoms with van der Waals surface area (Å²) in [6.45, 7) is 4.50. The lowest BCUT2D eigenvalue weighted by Gasteiger charge is -2.40. The average molecular weight is 515 g/mol. The van der Waals surface area contributed by atoms with Gasteiger partial charge in [-0.1, -0.05) is 47.5 Å². The number of benzene rings is 2. The van der Waals surface area contributed by atoms with Crippen LogP contribution >= 0.6 is 23.2 Å². The highest BCUT2D eigenvalue weighted by molar-refractivity contribution is 6.42. The Bertz CT molecular complexity index is 1100. The number of piperidine rings is 1. The van der Waals surface area contributed by atoms with Crippen molar-refractivity contribution in [2.45, 2.75) is 43.7 Å². The highest BCUT2D eigenvalue weighted by Crippen LogP contribution is 2.45. The number of amides is 3. The van der Waals surface area contributed by atoms with Crippen LogP contribution in [0.4, 0.5) is 4.79 Å². The van der Waals surface area contributed by atoms with Crippen molar-refractivity contribution in [3.8, 4) is 0 Å². The number of likely N-dealkylation sites (tertiary alicyclic amines) is 1. The Labute approximate surface area is 217 Å². The predicted molar refractivity (Wildman–Crippen MR) is 139 cm³/mol. The quantitative estimate of drug-likeness (QED) is 0.578. The number of hydrogen-bond acceptors (Lipinski definition) is 3. The molecule has 0 saturated carbocycles. The number of rotatable bonds is 6. The Kier molecular flexibility index (Phi) is 7.24. The largest absolute Gasteiger partial charge is 0.338 e. The molecule has 0 bridgehead atoms. The predicted octanol–water partition coefficient (Wildman–Crippen LogP) is 5.17. The first-order chi connectivity index (χ1) is 16.9. The Morgan fingerprint density at radius 2 is 1.80 bits per heavy atom. The number of carbonyl (C=O) groups excluding carboxylic acids is 2. The summed E-state index contributed by atoms with van der Waals surface area (Å²) < 4.78 is 0. The fourth-order valence-corrected chi connectivity index (χ4v) is 6.29. The molecule has 2 aromatic rings. The van der Waals surface area contributed by atoms with E-state index in [9.17, 15) is 9.59 Å². The van der Waals surface area contributed by atoms with E-state index in [1.54, 1.807) is 0 Å². The second kappa shape index (κ2) is 10.4. The molecular weight excluding hydrogens is 483 g/mol. The van der Waals surface area contributed by atoms with Crippen LogP contribution in [0.2, 0.25) is 10.0 Å². The molecule has 3 amide bonds. The van der Waals surface area contributed by atoms with Crippen molar-refractivity contribution in [2.75, 3.05) is 39.8 Å². The van der Waals surface area contributed by atoms with Gasteiger partial charge in [-0.25, -0.2) is 4.79 Å². The molecule has 2 saturated heterocycles. The zero-order valence-corrected chi connectivity index (χ0v) is 21.6. The van der Waals surface area contributed by atoms with Crippen molar-refractivity contribution >= 4 is 35.1 Å². The summed E-state index contributed by atoms with van der Waals surface area (Å²) in [6, 6.07) is 14.1. The van der Waals surface area contributed by atoms with E-state index in [1.165, 1.54) is 0 Å². The summed E-state index contributed by atoms with van der Waals surface area (Å²) in [5.41, 5.74) is 2.96. The number of halogens is 2. The minimum absolute atomic E-state index is 0.0504. The number of nitrogens with zero attached hydrogens (tertiary/aromatic N) is 3. The fourth-order valence-electron chi connectivity index (χ4n) is 5.98. The number of likely N-dealkylation sites (N-methyl/N-ethyl adjacent to an activating group) is 1. The van der Waals surface area contributed by atoms with Gasteiger partial charge < -0.3 is 20.0 Å². The fraction of sp³-hybridized carbons (Fsp3) is 0.481. The molecule has 186 valence electrons. The van der Waals surface area contributed by atoms with Gasteiger partial charge in [0, 0.05) is 50.7 Å². The van der Waals surface area contributed by atoms with Crippen molar-refractivity contribution in [3.05, 3.63) is 69.2 Å². The van der Waals surface area contributed by atoms with Crippen LogP contribution in [0.5, 0.6) is 0 Å². The molecular formula is C27H32Cl2N4O2. The van der Waals surface area contributed by atoms with Crippen LogP contribution < -0.4 is 5.32 Å². The van der Waals surface area contributed by atoms with E-state index < -0.39 is 0 Å². The third kappa shape index (κ3) is 4.89. The molecule has 3 heterocycles. The first-order valence-corrected chi connectivity index (χ1v) is 13.3. The number of carbonyl (C=O) groups is 2. The normalized spacial score (nSPS) is 22.3. The molecule has 2 atom stereocenters. The minimum Gasteiger partial charge on any atom is -0.338 e. The molecule has 3 aliphatic heterocycles. The second-order valence-corrected chi connectivity index (χ2v) is 10.7. The van der Waals surface area contributed by atoms with Gasteiger partial charge in [0.1, 0.15) is 0 Å². The van der Waals surface area contributed by atoms with Crippen LogP contribution in [0.1, 0.15) is 59.1 Å². The third-order valence-corrected chi connectivity index (χ3v) is 8.61.